The predicted molar refractivity (Wildman–Crippen MR) is 153 cm³/mol. The number of hydrogen-bond acceptors (Lipinski definition) is 4. The second kappa shape index (κ2) is 11.2. The first-order valence-electron chi connectivity index (χ1n) is 12.0. The summed E-state index contributed by atoms with van der Waals surface area (Å²) in [5.41, 5.74) is 8.17. The monoisotopic (exact) mass is 548 g/mol. The number of carbonyl (C=O) groups excluding carboxylic acids is 1. The van der Waals surface area contributed by atoms with Crippen LogP contribution < -0.4 is 9.73 Å². The molecule has 4 aromatic rings. The van der Waals surface area contributed by atoms with Gasteiger partial charge in [-0.25, -0.2) is 13.8 Å². The maximum absolute atomic E-state index is 13.5. The molecular formula is C29H29ClN4O3S. The van der Waals surface area contributed by atoms with Crippen LogP contribution in [0.3, 0.4) is 0 Å². The van der Waals surface area contributed by atoms with Crippen molar-refractivity contribution in [3.8, 4) is 5.69 Å². The Kier molecular flexibility index (Phi) is 8.04. The molecule has 0 spiro atoms. The summed E-state index contributed by atoms with van der Waals surface area (Å²) >= 11 is 6.39. The van der Waals surface area contributed by atoms with E-state index in [0.29, 0.717) is 10.7 Å². The van der Waals surface area contributed by atoms with E-state index in [-0.39, 0.29) is 4.90 Å². The molecule has 0 unspecified atom stereocenters. The third-order valence-corrected chi connectivity index (χ3v) is 8.18. The van der Waals surface area contributed by atoms with Crippen LogP contribution in [0.2, 0.25) is 5.02 Å². The molecule has 0 aliphatic heterocycles. The Labute approximate surface area is 228 Å². The number of aromatic nitrogens is 1. The van der Waals surface area contributed by atoms with Crippen LogP contribution in [0.1, 0.15) is 28.1 Å². The highest BCUT2D eigenvalue weighted by molar-refractivity contribution is 7.92. The topological polar surface area (TPSA) is 83.8 Å². The van der Waals surface area contributed by atoms with Gasteiger partial charge in [0, 0.05) is 17.0 Å². The third-order valence-electron chi connectivity index (χ3n) is 6.07. The Bertz CT molecular complexity index is 1590. The molecule has 0 bridgehead atoms. The number of hydrazone groups is 1. The maximum Gasteiger partial charge on any atom is 0.264 e. The normalized spacial score (nSPS) is 11.6. The van der Waals surface area contributed by atoms with E-state index in [1.54, 1.807) is 36.5 Å². The van der Waals surface area contributed by atoms with Crippen LogP contribution in [-0.2, 0) is 14.8 Å². The third kappa shape index (κ3) is 5.82. The Morgan fingerprint density at radius 3 is 2.24 bits per heavy atom. The van der Waals surface area contributed by atoms with E-state index in [0.717, 1.165) is 38.1 Å². The van der Waals surface area contributed by atoms with Crippen LogP contribution in [0, 0.1) is 27.7 Å². The minimum absolute atomic E-state index is 0.0995. The zero-order valence-electron chi connectivity index (χ0n) is 21.6. The molecule has 1 aromatic heterocycles. The van der Waals surface area contributed by atoms with Crippen molar-refractivity contribution < 1.29 is 13.2 Å². The second-order valence-electron chi connectivity index (χ2n) is 9.08. The van der Waals surface area contributed by atoms with E-state index in [1.807, 2.05) is 68.7 Å². The summed E-state index contributed by atoms with van der Waals surface area (Å²) in [7, 11) is -4.00. The van der Waals surface area contributed by atoms with Crippen LogP contribution in [0.4, 0.5) is 5.69 Å². The van der Waals surface area contributed by atoms with Gasteiger partial charge in [-0.2, -0.15) is 5.10 Å². The summed E-state index contributed by atoms with van der Waals surface area (Å²) in [6, 6.07) is 23.0. The highest BCUT2D eigenvalue weighted by atomic mass is 35.5. The van der Waals surface area contributed by atoms with Gasteiger partial charge in [-0.15, -0.1) is 0 Å². The van der Waals surface area contributed by atoms with Crippen LogP contribution >= 0.6 is 11.6 Å². The molecule has 3 aromatic carbocycles. The van der Waals surface area contributed by atoms with Crippen molar-refractivity contribution in [1.82, 2.24) is 9.99 Å². The van der Waals surface area contributed by atoms with E-state index >= 15 is 0 Å². The molecule has 1 N–H and O–H groups in total. The minimum Gasteiger partial charge on any atom is -0.316 e. The number of nitrogens with one attached hydrogen (secondary N) is 1. The van der Waals surface area contributed by atoms with Gasteiger partial charge in [-0.3, -0.25) is 9.10 Å². The van der Waals surface area contributed by atoms with Crippen LogP contribution in [0.15, 0.2) is 88.9 Å². The van der Waals surface area contributed by atoms with Crippen molar-refractivity contribution in [2.24, 2.45) is 5.10 Å². The molecule has 1 heterocycles. The van der Waals surface area contributed by atoms with Gasteiger partial charge in [0.15, 0.2) is 0 Å². The fourth-order valence-corrected chi connectivity index (χ4v) is 6.04. The first-order valence-corrected chi connectivity index (χ1v) is 13.8. The largest absolute Gasteiger partial charge is 0.316 e. The average Bonchev–Trinajstić information content (AvgIpc) is 3.15. The summed E-state index contributed by atoms with van der Waals surface area (Å²) in [4.78, 5) is 13.0. The fourth-order valence-electron chi connectivity index (χ4n) is 4.39. The van der Waals surface area contributed by atoms with Gasteiger partial charge in [0.05, 0.1) is 27.5 Å². The maximum atomic E-state index is 13.5. The molecule has 0 atom stereocenters. The quantitative estimate of drug-likeness (QED) is 0.226. The van der Waals surface area contributed by atoms with E-state index < -0.39 is 22.5 Å². The van der Waals surface area contributed by atoms with E-state index in [1.165, 1.54) is 12.1 Å². The molecule has 0 aliphatic rings. The first kappa shape index (κ1) is 27.2. The SMILES string of the molecule is Cc1cc(C)cc(N(CC(=O)N/N=C/c2cc(C)n(-c3ccccc3Cl)c2C)S(=O)(=O)c2ccccc2)c1. The number of para-hydroxylation sites is 1. The lowest BCUT2D eigenvalue weighted by Crippen LogP contribution is -2.39. The number of nitrogens with zero attached hydrogens (tertiary/aromatic N) is 3. The molecule has 9 heteroatoms. The number of benzene rings is 3. The van der Waals surface area contributed by atoms with E-state index in [2.05, 4.69) is 10.5 Å². The van der Waals surface area contributed by atoms with Gasteiger partial charge in [-0.05, 0) is 81.3 Å². The minimum atomic E-state index is -4.00. The lowest BCUT2D eigenvalue weighted by Gasteiger charge is -2.24. The number of hydrogen-bond donors (Lipinski definition) is 1. The molecule has 0 saturated heterocycles. The van der Waals surface area contributed by atoms with Crippen LogP contribution in [0.5, 0.6) is 0 Å². The van der Waals surface area contributed by atoms with Gasteiger partial charge >= 0.3 is 0 Å². The van der Waals surface area contributed by atoms with Crippen molar-refractivity contribution in [3.63, 3.8) is 0 Å². The summed E-state index contributed by atoms with van der Waals surface area (Å²) in [5, 5.41) is 4.74. The number of carbonyl (C=O) groups is 1. The van der Waals surface area contributed by atoms with Gasteiger partial charge in [0.1, 0.15) is 6.54 Å². The van der Waals surface area contributed by atoms with E-state index in [9.17, 15) is 13.2 Å². The number of aryl methyl sites for hydroxylation is 3. The molecule has 0 aliphatic carbocycles. The lowest BCUT2D eigenvalue weighted by molar-refractivity contribution is -0.119. The molecule has 38 heavy (non-hydrogen) atoms. The Balaban J connectivity index is 1.58. The molecule has 196 valence electrons. The standard InChI is InChI=1S/C29H29ClN4O3S/c1-20-14-21(2)16-25(15-20)33(38(36,37)26-10-6-5-7-11-26)19-29(35)32-31-18-24-17-22(3)34(23(24)4)28-13-9-8-12-27(28)30/h5-18H,19H2,1-4H3,(H,32,35)/b31-18+. The van der Waals surface area contributed by atoms with Crippen molar-refractivity contribution in [2.75, 3.05) is 10.8 Å². The molecule has 1 amide bonds. The number of rotatable bonds is 8. The molecule has 0 fully saturated rings. The van der Waals surface area contributed by atoms with E-state index in [4.69, 9.17) is 11.6 Å². The smallest absolute Gasteiger partial charge is 0.264 e. The highest BCUT2D eigenvalue weighted by Crippen LogP contribution is 2.27. The average molecular weight is 549 g/mol. The number of halogens is 1. The van der Waals surface area contributed by atoms with Crippen LogP contribution in [-0.4, -0.2) is 31.7 Å². The van der Waals surface area contributed by atoms with Gasteiger partial charge in [-0.1, -0.05) is 48.0 Å². The fraction of sp³-hybridized carbons (Fsp3) is 0.172. The number of sulfonamides is 1. The van der Waals surface area contributed by atoms with Crippen LogP contribution in [0.25, 0.3) is 5.69 Å². The summed E-state index contributed by atoms with van der Waals surface area (Å²) in [5.74, 6) is -0.570. The zero-order valence-corrected chi connectivity index (χ0v) is 23.2. The molecule has 4 rings (SSSR count). The molecule has 0 radical (unpaired) electrons. The zero-order chi connectivity index (χ0) is 27.4. The van der Waals surface area contributed by atoms with Crippen molar-refractivity contribution >= 4 is 39.4 Å². The van der Waals surface area contributed by atoms with Crippen molar-refractivity contribution in [3.05, 3.63) is 112 Å². The summed E-state index contributed by atoms with van der Waals surface area (Å²) in [6.07, 6.45) is 1.54. The number of amides is 1. The molecular weight excluding hydrogens is 520 g/mol. The van der Waals surface area contributed by atoms with Crippen molar-refractivity contribution in [2.45, 2.75) is 32.6 Å². The summed E-state index contributed by atoms with van der Waals surface area (Å²) in [6.45, 7) is 7.23. The second-order valence-corrected chi connectivity index (χ2v) is 11.3. The summed E-state index contributed by atoms with van der Waals surface area (Å²) < 4.78 is 30.2. The number of anilines is 1. The van der Waals surface area contributed by atoms with Gasteiger partial charge in [0.2, 0.25) is 0 Å². The Morgan fingerprint density at radius 2 is 1.58 bits per heavy atom. The highest BCUT2D eigenvalue weighted by Gasteiger charge is 2.27. The van der Waals surface area contributed by atoms with Gasteiger partial charge in [0.25, 0.3) is 15.9 Å². The lowest BCUT2D eigenvalue weighted by atomic mass is 10.1. The molecule has 7 nitrogen and oxygen atoms in total. The van der Waals surface area contributed by atoms with Gasteiger partial charge < -0.3 is 4.57 Å². The van der Waals surface area contributed by atoms with Crippen molar-refractivity contribution in [1.29, 1.82) is 0 Å². The Morgan fingerprint density at radius 1 is 0.947 bits per heavy atom. The Hall–Kier alpha value is -3.88. The predicted octanol–water partition coefficient (Wildman–Crippen LogP) is 5.71. The molecule has 0 saturated carbocycles. The first-order chi connectivity index (χ1) is 18.1.